The summed E-state index contributed by atoms with van der Waals surface area (Å²) >= 11 is 3.50. The highest BCUT2D eigenvalue weighted by atomic mass is 79.9. The Hall–Kier alpha value is -1.68. The monoisotopic (exact) mass is 349 g/mol. The zero-order chi connectivity index (χ0) is 15.2. The van der Waals surface area contributed by atoms with E-state index < -0.39 is 0 Å². The van der Waals surface area contributed by atoms with Crippen LogP contribution in [0.4, 0.5) is 5.69 Å². The molecule has 0 fully saturated rings. The molecule has 0 aliphatic rings. The third-order valence-electron chi connectivity index (χ3n) is 2.95. The highest BCUT2D eigenvalue weighted by Crippen LogP contribution is 2.28. The lowest BCUT2D eigenvalue weighted by atomic mass is 10.2. The van der Waals surface area contributed by atoms with Crippen molar-refractivity contribution in [3.8, 4) is 11.5 Å². The summed E-state index contributed by atoms with van der Waals surface area (Å²) < 4.78 is 12.0. The summed E-state index contributed by atoms with van der Waals surface area (Å²) in [6.45, 7) is 4.77. The topological polar surface area (TPSA) is 30.5 Å². The molecule has 3 nitrogen and oxygen atoms in total. The van der Waals surface area contributed by atoms with Crippen LogP contribution in [-0.2, 0) is 6.54 Å². The molecular formula is C17H20BrNO2. The highest BCUT2D eigenvalue weighted by molar-refractivity contribution is 9.10. The number of hydrogen-bond acceptors (Lipinski definition) is 3. The second-order valence-corrected chi connectivity index (χ2v) is 5.84. The van der Waals surface area contributed by atoms with Crippen molar-refractivity contribution in [2.24, 2.45) is 0 Å². The largest absolute Gasteiger partial charge is 0.496 e. The molecule has 0 amide bonds. The van der Waals surface area contributed by atoms with Gasteiger partial charge in [0.15, 0.2) is 0 Å². The first-order valence-electron chi connectivity index (χ1n) is 6.92. The van der Waals surface area contributed by atoms with Gasteiger partial charge in [-0.05, 0) is 59.6 Å². The Morgan fingerprint density at radius 1 is 1.10 bits per heavy atom. The third-order valence-corrected chi connectivity index (χ3v) is 3.57. The van der Waals surface area contributed by atoms with Gasteiger partial charge in [-0.3, -0.25) is 0 Å². The maximum absolute atomic E-state index is 5.80. The number of ether oxygens (including phenoxy) is 2. The number of rotatable bonds is 6. The molecule has 21 heavy (non-hydrogen) atoms. The molecular weight excluding hydrogens is 330 g/mol. The standard InChI is InChI=1S/C17H20BrNO2/c1-12(2)21-17-7-5-4-6-15(17)19-11-13-8-9-16(20-3)14(18)10-13/h4-10,12,19H,11H2,1-3H3. The number of halogens is 1. The van der Waals surface area contributed by atoms with Gasteiger partial charge in [0.05, 0.1) is 23.4 Å². The first-order valence-corrected chi connectivity index (χ1v) is 7.71. The Kier molecular flexibility index (Phi) is 5.51. The number of para-hydroxylation sites is 2. The minimum Gasteiger partial charge on any atom is -0.496 e. The van der Waals surface area contributed by atoms with Crippen LogP contribution in [0.3, 0.4) is 0 Å². The van der Waals surface area contributed by atoms with Crippen molar-refractivity contribution in [3.05, 3.63) is 52.5 Å². The second kappa shape index (κ2) is 7.36. The lowest BCUT2D eigenvalue weighted by Gasteiger charge is -2.15. The molecule has 2 aromatic carbocycles. The lowest BCUT2D eigenvalue weighted by molar-refractivity contribution is 0.243. The molecule has 0 unspecified atom stereocenters. The summed E-state index contributed by atoms with van der Waals surface area (Å²) in [6.07, 6.45) is 0.156. The van der Waals surface area contributed by atoms with Crippen molar-refractivity contribution in [2.75, 3.05) is 12.4 Å². The molecule has 0 saturated heterocycles. The van der Waals surface area contributed by atoms with E-state index in [-0.39, 0.29) is 6.10 Å². The van der Waals surface area contributed by atoms with Crippen molar-refractivity contribution in [3.63, 3.8) is 0 Å². The van der Waals surface area contributed by atoms with Gasteiger partial charge in [0.2, 0.25) is 0 Å². The molecule has 0 radical (unpaired) electrons. The molecule has 0 bridgehead atoms. The lowest BCUT2D eigenvalue weighted by Crippen LogP contribution is -2.08. The molecule has 0 saturated carbocycles. The van der Waals surface area contributed by atoms with Crippen LogP contribution >= 0.6 is 15.9 Å². The second-order valence-electron chi connectivity index (χ2n) is 4.99. The van der Waals surface area contributed by atoms with Gasteiger partial charge in [-0.2, -0.15) is 0 Å². The maximum Gasteiger partial charge on any atom is 0.142 e. The fourth-order valence-electron chi connectivity index (χ4n) is 1.99. The molecule has 1 N–H and O–H groups in total. The Morgan fingerprint density at radius 3 is 2.52 bits per heavy atom. The molecule has 0 aliphatic heterocycles. The van der Waals surface area contributed by atoms with Gasteiger partial charge < -0.3 is 14.8 Å². The quantitative estimate of drug-likeness (QED) is 0.807. The molecule has 2 aromatic rings. The SMILES string of the molecule is COc1ccc(CNc2ccccc2OC(C)C)cc1Br. The van der Waals surface area contributed by atoms with E-state index in [1.165, 1.54) is 5.56 Å². The van der Waals surface area contributed by atoms with Gasteiger partial charge in [0, 0.05) is 6.54 Å². The van der Waals surface area contributed by atoms with Gasteiger partial charge in [-0.25, -0.2) is 0 Å². The molecule has 0 atom stereocenters. The van der Waals surface area contributed by atoms with E-state index in [1.54, 1.807) is 7.11 Å². The summed E-state index contributed by atoms with van der Waals surface area (Å²) in [5.41, 5.74) is 2.17. The van der Waals surface area contributed by atoms with E-state index in [2.05, 4.69) is 27.3 Å². The molecule has 4 heteroatoms. The number of nitrogens with one attached hydrogen (secondary N) is 1. The van der Waals surface area contributed by atoms with Crippen LogP contribution < -0.4 is 14.8 Å². The van der Waals surface area contributed by atoms with Crippen LogP contribution in [0.15, 0.2) is 46.9 Å². The van der Waals surface area contributed by atoms with Gasteiger partial charge >= 0.3 is 0 Å². The van der Waals surface area contributed by atoms with Crippen molar-refractivity contribution in [1.29, 1.82) is 0 Å². The first-order chi connectivity index (χ1) is 10.1. The molecule has 112 valence electrons. The van der Waals surface area contributed by atoms with Crippen LogP contribution in [0.2, 0.25) is 0 Å². The number of hydrogen-bond donors (Lipinski definition) is 1. The van der Waals surface area contributed by atoms with Gasteiger partial charge in [0.1, 0.15) is 11.5 Å². The minimum atomic E-state index is 0.156. The number of methoxy groups -OCH3 is 1. The Bertz CT molecular complexity index is 599. The molecule has 0 aromatic heterocycles. The van der Waals surface area contributed by atoms with Crippen LogP contribution in [0, 0.1) is 0 Å². The van der Waals surface area contributed by atoms with Crippen LogP contribution in [0.1, 0.15) is 19.4 Å². The van der Waals surface area contributed by atoms with E-state index in [0.717, 1.165) is 28.2 Å². The van der Waals surface area contributed by atoms with Crippen molar-refractivity contribution < 1.29 is 9.47 Å². The first kappa shape index (κ1) is 15.7. The molecule has 0 aliphatic carbocycles. The molecule has 0 heterocycles. The predicted octanol–water partition coefficient (Wildman–Crippen LogP) is 4.86. The zero-order valence-electron chi connectivity index (χ0n) is 12.5. The summed E-state index contributed by atoms with van der Waals surface area (Å²) in [4.78, 5) is 0. The van der Waals surface area contributed by atoms with Gasteiger partial charge in [-0.15, -0.1) is 0 Å². The number of benzene rings is 2. The van der Waals surface area contributed by atoms with Crippen molar-refractivity contribution in [1.82, 2.24) is 0 Å². The zero-order valence-corrected chi connectivity index (χ0v) is 14.1. The Labute approximate surface area is 134 Å². The van der Waals surface area contributed by atoms with E-state index in [1.807, 2.05) is 50.2 Å². The van der Waals surface area contributed by atoms with Gasteiger partial charge in [-0.1, -0.05) is 18.2 Å². The van der Waals surface area contributed by atoms with Crippen molar-refractivity contribution in [2.45, 2.75) is 26.5 Å². The summed E-state index contributed by atoms with van der Waals surface area (Å²) in [6, 6.07) is 14.0. The summed E-state index contributed by atoms with van der Waals surface area (Å²) in [5, 5.41) is 3.41. The van der Waals surface area contributed by atoms with E-state index in [9.17, 15) is 0 Å². The smallest absolute Gasteiger partial charge is 0.142 e. The average molecular weight is 350 g/mol. The van der Waals surface area contributed by atoms with Crippen LogP contribution in [0.25, 0.3) is 0 Å². The van der Waals surface area contributed by atoms with Crippen molar-refractivity contribution >= 4 is 21.6 Å². The van der Waals surface area contributed by atoms with E-state index >= 15 is 0 Å². The van der Waals surface area contributed by atoms with E-state index in [0.29, 0.717) is 0 Å². The third kappa shape index (κ3) is 4.39. The van der Waals surface area contributed by atoms with Crippen LogP contribution in [-0.4, -0.2) is 13.2 Å². The minimum absolute atomic E-state index is 0.156. The fraction of sp³-hybridized carbons (Fsp3) is 0.294. The Balaban J connectivity index is 2.08. The fourth-order valence-corrected chi connectivity index (χ4v) is 2.57. The maximum atomic E-state index is 5.80. The molecule has 0 spiro atoms. The van der Waals surface area contributed by atoms with Gasteiger partial charge in [0.25, 0.3) is 0 Å². The molecule has 2 rings (SSSR count). The normalized spacial score (nSPS) is 10.5. The summed E-state index contributed by atoms with van der Waals surface area (Å²) in [5.74, 6) is 1.71. The summed E-state index contributed by atoms with van der Waals surface area (Å²) in [7, 11) is 1.66. The predicted molar refractivity (Wildman–Crippen MR) is 90.2 cm³/mol. The highest BCUT2D eigenvalue weighted by Gasteiger charge is 2.06. The number of anilines is 1. The van der Waals surface area contributed by atoms with E-state index in [4.69, 9.17) is 9.47 Å². The van der Waals surface area contributed by atoms with Crippen LogP contribution in [0.5, 0.6) is 11.5 Å². The average Bonchev–Trinajstić information content (AvgIpc) is 2.46. The Morgan fingerprint density at radius 2 is 1.86 bits per heavy atom.